The summed E-state index contributed by atoms with van der Waals surface area (Å²) >= 11 is 0. The molecule has 0 spiro atoms. The van der Waals surface area contributed by atoms with Crippen molar-refractivity contribution in [3.8, 4) is 5.75 Å². The van der Waals surface area contributed by atoms with Crippen LogP contribution in [0.25, 0.3) is 0 Å². The van der Waals surface area contributed by atoms with E-state index in [0.717, 1.165) is 48.5 Å². The molecule has 3 heteroatoms. The van der Waals surface area contributed by atoms with E-state index in [4.69, 9.17) is 4.74 Å². The Morgan fingerprint density at radius 3 is 2.23 bits per heavy atom. The largest absolute Gasteiger partial charge is 0.497 e. The van der Waals surface area contributed by atoms with Gasteiger partial charge in [0.2, 0.25) is 5.91 Å². The highest BCUT2D eigenvalue weighted by Gasteiger charge is 2.52. The van der Waals surface area contributed by atoms with E-state index in [2.05, 4.69) is 5.32 Å². The highest BCUT2D eigenvalue weighted by Crippen LogP contribution is 2.58. The number of carbonyl (C=O) groups is 1. The minimum absolute atomic E-state index is 0.0903. The summed E-state index contributed by atoms with van der Waals surface area (Å²) in [7, 11) is 1.66. The molecular formula is C19H25NO2. The van der Waals surface area contributed by atoms with E-state index >= 15 is 0 Å². The van der Waals surface area contributed by atoms with Crippen molar-refractivity contribution in [1.82, 2.24) is 0 Å². The summed E-state index contributed by atoms with van der Waals surface area (Å²) in [4.78, 5) is 13.0. The summed E-state index contributed by atoms with van der Waals surface area (Å²) in [5.41, 5.74) is 0.799. The Kier molecular flexibility index (Phi) is 3.39. The van der Waals surface area contributed by atoms with Gasteiger partial charge in [0.05, 0.1) is 12.5 Å². The number of fused-ring (bicyclic) bond motifs is 1. The van der Waals surface area contributed by atoms with Gasteiger partial charge in [-0.05, 0) is 74.1 Å². The number of ether oxygens (including phenoxy) is 1. The smallest absolute Gasteiger partial charge is 0.230 e. The second-order valence-corrected chi connectivity index (χ2v) is 7.72. The Balaban J connectivity index is 1.54. The topological polar surface area (TPSA) is 38.3 Å². The number of hydrogen-bond donors (Lipinski definition) is 1. The first-order chi connectivity index (χ1) is 10.7. The zero-order valence-electron chi connectivity index (χ0n) is 13.3. The molecule has 4 fully saturated rings. The Hall–Kier alpha value is -1.51. The van der Waals surface area contributed by atoms with Crippen molar-refractivity contribution in [3.63, 3.8) is 0 Å². The van der Waals surface area contributed by atoms with Gasteiger partial charge in [-0.25, -0.2) is 0 Å². The molecule has 0 aliphatic heterocycles. The first-order valence-corrected chi connectivity index (χ1v) is 8.62. The summed E-state index contributed by atoms with van der Waals surface area (Å²) in [6.45, 7) is 0. The number of amides is 1. The fourth-order valence-electron chi connectivity index (χ4n) is 5.41. The van der Waals surface area contributed by atoms with Crippen molar-refractivity contribution in [1.29, 1.82) is 0 Å². The third kappa shape index (κ3) is 2.41. The molecule has 118 valence electrons. The Labute approximate surface area is 132 Å². The van der Waals surface area contributed by atoms with E-state index in [1.165, 1.54) is 25.7 Å². The molecule has 0 aromatic heterocycles. The Bertz CT molecular complexity index is 549. The maximum Gasteiger partial charge on any atom is 0.230 e. The summed E-state index contributed by atoms with van der Waals surface area (Å²) in [5.74, 6) is 3.45. The molecule has 4 aliphatic carbocycles. The third-order valence-electron chi connectivity index (χ3n) is 6.18. The van der Waals surface area contributed by atoms with Crippen molar-refractivity contribution in [2.75, 3.05) is 12.4 Å². The minimum atomic E-state index is -0.0903. The van der Waals surface area contributed by atoms with E-state index in [-0.39, 0.29) is 11.3 Å². The van der Waals surface area contributed by atoms with Crippen LogP contribution in [0, 0.1) is 23.2 Å². The number of rotatable bonds is 3. The van der Waals surface area contributed by atoms with Gasteiger partial charge in [-0.15, -0.1) is 0 Å². The van der Waals surface area contributed by atoms with E-state index in [1.807, 2.05) is 24.3 Å². The SMILES string of the molecule is COc1ccc(NC(=O)C23CC4C[C@@H](CC[C@H](C4)C2)C3)cc1. The Morgan fingerprint density at radius 1 is 1.05 bits per heavy atom. The van der Waals surface area contributed by atoms with Crippen LogP contribution in [-0.4, -0.2) is 13.0 Å². The molecule has 0 radical (unpaired) electrons. The van der Waals surface area contributed by atoms with E-state index < -0.39 is 0 Å². The second-order valence-electron chi connectivity index (χ2n) is 7.72. The fourth-order valence-corrected chi connectivity index (χ4v) is 5.41. The molecule has 3 nitrogen and oxygen atoms in total. The van der Waals surface area contributed by atoms with Crippen LogP contribution < -0.4 is 10.1 Å². The summed E-state index contributed by atoms with van der Waals surface area (Å²) in [5, 5.41) is 3.18. The molecule has 22 heavy (non-hydrogen) atoms. The van der Waals surface area contributed by atoms with Gasteiger partial charge >= 0.3 is 0 Å². The molecular weight excluding hydrogens is 274 g/mol. The van der Waals surface area contributed by atoms with Crippen LogP contribution in [0.15, 0.2) is 24.3 Å². The van der Waals surface area contributed by atoms with Crippen molar-refractivity contribution in [2.24, 2.45) is 23.2 Å². The van der Waals surface area contributed by atoms with Gasteiger partial charge in [0, 0.05) is 5.69 Å². The highest BCUT2D eigenvalue weighted by atomic mass is 16.5. The average Bonchev–Trinajstić information content (AvgIpc) is 2.74. The molecule has 1 N–H and O–H groups in total. The first kappa shape index (κ1) is 14.1. The summed E-state index contributed by atoms with van der Waals surface area (Å²) in [6.07, 6.45) is 8.77. The van der Waals surface area contributed by atoms with Crippen LogP contribution in [0.1, 0.15) is 44.9 Å². The predicted molar refractivity (Wildman–Crippen MR) is 86.8 cm³/mol. The van der Waals surface area contributed by atoms with Gasteiger partial charge < -0.3 is 10.1 Å². The molecule has 1 aromatic rings. The normalized spacial score (nSPS) is 36.0. The fraction of sp³-hybridized carbons (Fsp3) is 0.632. The van der Waals surface area contributed by atoms with Gasteiger partial charge in [0.25, 0.3) is 0 Å². The number of benzene rings is 1. The van der Waals surface area contributed by atoms with Gasteiger partial charge in [-0.2, -0.15) is 0 Å². The maximum absolute atomic E-state index is 13.0. The van der Waals surface area contributed by atoms with Crippen LogP contribution in [0.3, 0.4) is 0 Å². The maximum atomic E-state index is 13.0. The zero-order valence-corrected chi connectivity index (χ0v) is 13.3. The number of anilines is 1. The molecule has 1 aromatic carbocycles. The number of methoxy groups -OCH3 is 1. The second kappa shape index (κ2) is 5.29. The van der Waals surface area contributed by atoms with Crippen molar-refractivity contribution >= 4 is 11.6 Å². The zero-order chi connectivity index (χ0) is 15.2. The molecule has 0 unspecified atom stereocenters. The summed E-state index contributed by atoms with van der Waals surface area (Å²) < 4.78 is 5.18. The quantitative estimate of drug-likeness (QED) is 0.906. The average molecular weight is 299 g/mol. The number of carbonyl (C=O) groups excluding carboxylic acids is 1. The first-order valence-electron chi connectivity index (χ1n) is 8.62. The lowest BCUT2D eigenvalue weighted by atomic mass is 9.58. The van der Waals surface area contributed by atoms with Crippen LogP contribution in [-0.2, 0) is 4.79 Å². The molecule has 4 bridgehead atoms. The standard InChI is InChI=1S/C19H25NO2/c1-22-17-6-4-16(5-7-17)20-18(21)19-10-13-2-3-14(11-19)9-15(8-13)12-19/h4-7,13-15H,2-3,8-12H2,1H3,(H,20,21)/t13-,14-,15?,19?/m1/s1. The van der Waals surface area contributed by atoms with Crippen LogP contribution in [0.5, 0.6) is 5.75 Å². The lowest BCUT2D eigenvalue weighted by Crippen LogP contribution is -2.45. The lowest BCUT2D eigenvalue weighted by molar-refractivity contribution is -0.132. The monoisotopic (exact) mass is 299 g/mol. The molecule has 4 aliphatic rings. The predicted octanol–water partition coefficient (Wildman–Crippen LogP) is 4.24. The van der Waals surface area contributed by atoms with Gasteiger partial charge in [0.15, 0.2) is 0 Å². The Morgan fingerprint density at radius 2 is 1.64 bits per heavy atom. The molecule has 2 atom stereocenters. The highest BCUT2D eigenvalue weighted by molar-refractivity contribution is 5.95. The van der Waals surface area contributed by atoms with E-state index in [0.29, 0.717) is 0 Å². The van der Waals surface area contributed by atoms with Crippen LogP contribution >= 0.6 is 0 Å². The number of hydrogen-bond acceptors (Lipinski definition) is 2. The van der Waals surface area contributed by atoms with E-state index in [9.17, 15) is 4.79 Å². The third-order valence-corrected chi connectivity index (χ3v) is 6.18. The van der Waals surface area contributed by atoms with Crippen molar-refractivity contribution in [2.45, 2.75) is 44.9 Å². The van der Waals surface area contributed by atoms with Crippen molar-refractivity contribution < 1.29 is 9.53 Å². The summed E-state index contributed by atoms with van der Waals surface area (Å²) in [6, 6.07) is 7.68. The van der Waals surface area contributed by atoms with Crippen LogP contribution in [0.4, 0.5) is 5.69 Å². The van der Waals surface area contributed by atoms with E-state index in [1.54, 1.807) is 7.11 Å². The van der Waals surface area contributed by atoms with Gasteiger partial charge in [0.1, 0.15) is 5.75 Å². The molecule has 0 heterocycles. The van der Waals surface area contributed by atoms with Gasteiger partial charge in [-0.1, -0.05) is 12.8 Å². The molecule has 0 saturated heterocycles. The number of nitrogens with one attached hydrogen (secondary N) is 1. The van der Waals surface area contributed by atoms with Crippen molar-refractivity contribution in [3.05, 3.63) is 24.3 Å². The lowest BCUT2D eigenvalue weighted by Gasteiger charge is -2.47. The molecule has 1 amide bonds. The molecule has 5 rings (SSSR count). The minimum Gasteiger partial charge on any atom is -0.497 e. The van der Waals surface area contributed by atoms with Gasteiger partial charge in [-0.3, -0.25) is 4.79 Å². The van der Waals surface area contributed by atoms with Crippen LogP contribution in [0.2, 0.25) is 0 Å². The molecule has 4 saturated carbocycles.